The number of nitrogens with one attached hydrogen (secondary N) is 2. The smallest absolute Gasteiger partial charge is 0.270 e. The predicted molar refractivity (Wildman–Crippen MR) is 120 cm³/mol. The van der Waals surface area contributed by atoms with Crippen LogP contribution in [0.15, 0.2) is 71.2 Å². The number of rotatable bonds is 7. The molecule has 0 heterocycles. The summed E-state index contributed by atoms with van der Waals surface area (Å²) in [6, 6.07) is 17.7. The van der Waals surface area contributed by atoms with E-state index >= 15 is 0 Å². The van der Waals surface area contributed by atoms with E-state index in [2.05, 4.69) is 26.6 Å². The van der Waals surface area contributed by atoms with Gasteiger partial charge < -0.3 is 15.4 Å². The van der Waals surface area contributed by atoms with Gasteiger partial charge in [-0.15, -0.1) is 0 Å². The summed E-state index contributed by atoms with van der Waals surface area (Å²) in [5, 5.41) is 17.3. The van der Waals surface area contributed by atoms with Crippen LogP contribution in [0.5, 0.6) is 5.75 Å². The zero-order chi connectivity index (χ0) is 21.7. The lowest BCUT2D eigenvalue weighted by atomic mass is 10.1. The Hall–Kier alpha value is -3.10. The van der Waals surface area contributed by atoms with Gasteiger partial charge in [-0.1, -0.05) is 41.9 Å². The van der Waals surface area contributed by atoms with E-state index in [-0.39, 0.29) is 11.6 Å². The first kappa shape index (κ1) is 21.6. The molecule has 2 N–H and O–H groups in total. The second-order valence-electron chi connectivity index (χ2n) is 6.25. The molecule has 0 aliphatic rings. The van der Waals surface area contributed by atoms with Gasteiger partial charge in [0.25, 0.3) is 11.6 Å². The van der Waals surface area contributed by atoms with Crippen LogP contribution in [0.1, 0.15) is 11.6 Å². The number of benzene rings is 3. The van der Waals surface area contributed by atoms with Crippen LogP contribution in [0.4, 0.5) is 17.1 Å². The number of hydrogen-bond acceptors (Lipinski definition) is 5. The van der Waals surface area contributed by atoms with Crippen molar-refractivity contribution in [1.82, 2.24) is 0 Å². The number of anilines is 2. The lowest BCUT2D eigenvalue weighted by Crippen LogP contribution is -2.27. The molecule has 3 aromatic carbocycles. The van der Waals surface area contributed by atoms with Gasteiger partial charge in [-0.25, -0.2) is 0 Å². The van der Waals surface area contributed by atoms with Crippen LogP contribution in [-0.4, -0.2) is 17.9 Å². The second kappa shape index (κ2) is 9.60. The van der Waals surface area contributed by atoms with E-state index in [0.717, 1.165) is 5.56 Å². The average Bonchev–Trinajstić information content (AvgIpc) is 2.74. The molecular formula is C21H17BrClN3O4. The molecule has 0 spiro atoms. The molecule has 0 aromatic heterocycles. The van der Waals surface area contributed by atoms with Crippen LogP contribution in [0.2, 0.25) is 5.02 Å². The Balaban J connectivity index is 1.88. The zero-order valence-corrected chi connectivity index (χ0v) is 18.1. The molecule has 0 aliphatic carbocycles. The van der Waals surface area contributed by atoms with Gasteiger partial charge in [0.1, 0.15) is 11.8 Å². The van der Waals surface area contributed by atoms with Crippen molar-refractivity contribution < 1.29 is 14.5 Å². The SMILES string of the molecule is COc1ccc(N[C@@H](C(=O)Nc2ccc([N+](=O)[O-])cc2Br)c2ccccc2)cc1Cl. The first-order valence-corrected chi connectivity index (χ1v) is 9.96. The molecule has 154 valence electrons. The number of carbonyl (C=O) groups is 1. The molecule has 0 aliphatic heterocycles. The van der Waals surface area contributed by atoms with Crippen LogP contribution in [0, 0.1) is 10.1 Å². The van der Waals surface area contributed by atoms with E-state index in [1.54, 1.807) is 18.2 Å². The van der Waals surface area contributed by atoms with Gasteiger partial charge in [-0.3, -0.25) is 14.9 Å². The number of nitrogens with zero attached hydrogens (tertiary/aromatic N) is 1. The van der Waals surface area contributed by atoms with Crippen LogP contribution >= 0.6 is 27.5 Å². The molecule has 9 heteroatoms. The number of nitro benzene ring substituents is 1. The number of hydrogen-bond donors (Lipinski definition) is 2. The van der Waals surface area contributed by atoms with Crippen molar-refractivity contribution >= 4 is 50.5 Å². The largest absolute Gasteiger partial charge is 0.495 e. The lowest BCUT2D eigenvalue weighted by Gasteiger charge is -2.21. The number of halogens is 2. The highest BCUT2D eigenvalue weighted by Crippen LogP contribution is 2.31. The highest BCUT2D eigenvalue weighted by Gasteiger charge is 2.22. The Bertz CT molecular complexity index is 1080. The van der Waals surface area contributed by atoms with Gasteiger partial charge in [0, 0.05) is 22.3 Å². The van der Waals surface area contributed by atoms with Crippen molar-refractivity contribution in [3.05, 3.63) is 91.9 Å². The molecule has 0 saturated heterocycles. The maximum absolute atomic E-state index is 13.1. The minimum absolute atomic E-state index is 0.0783. The molecule has 0 saturated carbocycles. The van der Waals surface area contributed by atoms with Crippen LogP contribution in [-0.2, 0) is 4.79 Å². The summed E-state index contributed by atoms with van der Waals surface area (Å²) in [5.41, 5.74) is 1.71. The average molecular weight is 491 g/mol. The third-order valence-electron chi connectivity index (χ3n) is 4.28. The molecule has 0 fully saturated rings. The zero-order valence-electron chi connectivity index (χ0n) is 15.8. The van der Waals surface area contributed by atoms with Gasteiger partial charge in [-0.2, -0.15) is 0 Å². The first-order valence-electron chi connectivity index (χ1n) is 8.79. The molecule has 0 unspecified atom stereocenters. The van der Waals surface area contributed by atoms with E-state index in [1.807, 2.05) is 30.3 Å². The van der Waals surface area contributed by atoms with Gasteiger partial charge in [0.15, 0.2) is 0 Å². The van der Waals surface area contributed by atoms with Gasteiger partial charge in [0.05, 0.1) is 22.7 Å². The standard InChI is InChI=1S/C21H17BrClN3O4/c1-30-19-10-7-14(11-17(19)23)24-20(13-5-3-2-4-6-13)21(27)25-18-9-8-15(26(28)29)12-16(18)22/h2-12,20,24H,1H3,(H,25,27)/t20-/m1/s1. The quantitative estimate of drug-likeness (QED) is 0.322. The molecule has 0 radical (unpaired) electrons. The third-order valence-corrected chi connectivity index (χ3v) is 5.23. The minimum atomic E-state index is -0.738. The number of amides is 1. The maximum Gasteiger partial charge on any atom is 0.270 e. The lowest BCUT2D eigenvalue weighted by molar-refractivity contribution is -0.384. The summed E-state index contributed by atoms with van der Waals surface area (Å²) in [6.45, 7) is 0. The van der Waals surface area contributed by atoms with Crippen molar-refractivity contribution in [2.75, 3.05) is 17.7 Å². The van der Waals surface area contributed by atoms with Gasteiger partial charge in [0.2, 0.25) is 0 Å². The number of methoxy groups -OCH3 is 1. The number of ether oxygens (including phenoxy) is 1. The Morgan fingerprint density at radius 1 is 1.13 bits per heavy atom. The van der Waals surface area contributed by atoms with Crippen molar-refractivity contribution in [2.24, 2.45) is 0 Å². The van der Waals surface area contributed by atoms with E-state index < -0.39 is 11.0 Å². The fraction of sp³-hybridized carbons (Fsp3) is 0.0952. The molecule has 1 atom stereocenters. The Labute approximate surface area is 186 Å². The minimum Gasteiger partial charge on any atom is -0.495 e. The van der Waals surface area contributed by atoms with E-state index in [9.17, 15) is 14.9 Å². The van der Waals surface area contributed by atoms with Crippen LogP contribution in [0.3, 0.4) is 0 Å². The molecule has 0 bridgehead atoms. The fourth-order valence-electron chi connectivity index (χ4n) is 2.79. The van der Waals surface area contributed by atoms with Crippen molar-refractivity contribution in [3.8, 4) is 5.75 Å². The van der Waals surface area contributed by atoms with E-state index in [0.29, 0.717) is 26.6 Å². The molecule has 1 amide bonds. The summed E-state index contributed by atoms with van der Waals surface area (Å²) in [5.74, 6) is 0.181. The molecule has 3 aromatic rings. The molecule has 7 nitrogen and oxygen atoms in total. The fourth-order valence-corrected chi connectivity index (χ4v) is 3.52. The monoisotopic (exact) mass is 489 g/mol. The van der Waals surface area contributed by atoms with Crippen molar-refractivity contribution in [1.29, 1.82) is 0 Å². The summed E-state index contributed by atoms with van der Waals surface area (Å²) in [4.78, 5) is 23.5. The Morgan fingerprint density at radius 3 is 2.47 bits per heavy atom. The summed E-state index contributed by atoms with van der Waals surface area (Å²) < 4.78 is 5.57. The van der Waals surface area contributed by atoms with E-state index in [4.69, 9.17) is 16.3 Å². The molecule has 30 heavy (non-hydrogen) atoms. The Morgan fingerprint density at radius 2 is 1.87 bits per heavy atom. The third kappa shape index (κ3) is 5.08. The summed E-state index contributed by atoms with van der Waals surface area (Å²) in [7, 11) is 1.52. The number of nitro groups is 1. The van der Waals surface area contributed by atoms with Crippen LogP contribution in [0.25, 0.3) is 0 Å². The van der Waals surface area contributed by atoms with Crippen molar-refractivity contribution in [2.45, 2.75) is 6.04 Å². The maximum atomic E-state index is 13.1. The molecule has 3 rings (SSSR count). The highest BCUT2D eigenvalue weighted by atomic mass is 79.9. The summed E-state index contributed by atoms with van der Waals surface area (Å²) >= 11 is 9.47. The highest BCUT2D eigenvalue weighted by molar-refractivity contribution is 9.10. The second-order valence-corrected chi connectivity index (χ2v) is 7.51. The van der Waals surface area contributed by atoms with Crippen molar-refractivity contribution in [3.63, 3.8) is 0 Å². The number of non-ortho nitro benzene ring substituents is 1. The molecular weight excluding hydrogens is 474 g/mol. The number of carbonyl (C=O) groups excluding carboxylic acids is 1. The summed E-state index contributed by atoms with van der Waals surface area (Å²) in [6.07, 6.45) is 0. The van der Waals surface area contributed by atoms with E-state index in [1.165, 1.54) is 25.3 Å². The predicted octanol–water partition coefficient (Wildman–Crippen LogP) is 5.81. The normalized spacial score (nSPS) is 11.4. The van der Waals surface area contributed by atoms with Crippen LogP contribution < -0.4 is 15.4 Å². The van der Waals surface area contributed by atoms with Gasteiger partial charge in [-0.05, 0) is 45.8 Å². The first-order chi connectivity index (χ1) is 14.4. The van der Waals surface area contributed by atoms with Gasteiger partial charge >= 0.3 is 0 Å². The topological polar surface area (TPSA) is 93.5 Å². The Kier molecular flexibility index (Phi) is 6.91.